The molecule has 0 spiro atoms. The zero-order chi connectivity index (χ0) is 10.6. The second-order valence-electron chi connectivity index (χ2n) is 2.66. The van der Waals surface area contributed by atoms with Crippen LogP contribution in [0, 0.1) is 0 Å². The summed E-state index contributed by atoms with van der Waals surface area (Å²) in [5.74, 6) is 0.0789. The molecule has 1 saturated heterocycles. The van der Waals surface area contributed by atoms with E-state index in [1.807, 2.05) is 6.92 Å². The van der Waals surface area contributed by atoms with Crippen LogP contribution in [0.15, 0.2) is 11.1 Å². The molecular weight excluding hydrogens is 202 g/mol. The van der Waals surface area contributed by atoms with E-state index in [-0.39, 0.29) is 11.9 Å². The van der Waals surface area contributed by atoms with Crippen molar-refractivity contribution in [1.82, 2.24) is 4.90 Å². The standard InChI is InChI=1S/C9H13NO3S/c1-3-10-7(11)6-14-8(10)5-9(12)13-4-2/h5H,3-4,6H2,1-2H3. The second-order valence-corrected chi connectivity index (χ2v) is 3.66. The highest BCUT2D eigenvalue weighted by Gasteiger charge is 2.25. The van der Waals surface area contributed by atoms with Gasteiger partial charge in [-0.05, 0) is 13.8 Å². The third-order valence-electron chi connectivity index (χ3n) is 1.75. The highest BCUT2D eigenvalue weighted by Crippen LogP contribution is 2.28. The Bertz CT molecular complexity index is 275. The van der Waals surface area contributed by atoms with Crippen LogP contribution >= 0.6 is 11.8 Å². The van der Waals surface area contributed by atoms with Crippen molar-refractivity contribution < 1.29 is 14.3 Å². The smallest absolute Gasteiger partial charge is 0.333 e. The molecular formula is C9H13NO3S. The number of amides is 1. The van der Waals surface area contributed by atoms with E-state index in [0.29, 0.717) is 23.9 Å². The number of carbonyl (C=O) groups excluding carboxylic acids is 2. The van der Waals surface area contributed by atoms with Gasteiger partial charge in [0.15, 0.2) is 0 Å². The molecule has 0 aromatic rings. The number of nitrogens with zero attached hydrogens (tertiary/aromatic N) is 1. The summed E-state index contributed by atoms with van der Waals surface area (Å²) < 4.78 is 4.77. The summed E-state index contributed by atoms with van der Waals surface area (Å²) in [5.41, 5.74) is 0. The summed E-state index contributed by atoms with van der Waals surface area (Å²) >= 11 is 1.37. The monoisotopic (exact) mass is 215 g/mol. The average Bonchev–Trinajstić information content (AvgIpc) is 2.47. The molecule has 14 heavy (non-hydrogen) atoms. The highest BCUT2D eigenvalue weighted by molar-refractivity contribution is 8.04. The number of hydrogen-bond donors (Lipinski definition) is 0. The lowest BCUT2D eigenvalue weighted by molar-refractivity contribution is -0.137. The van der Waals surface area contributed by atoms with Crippen LogP contribution < -0.4 is 0 Å². The molecule has 1 fully saturated rings. The van der Waals surface area contributed by atoms with E-state index >= 15 is 0 Å². The maximum Gasteiger partial charge on any atom is 0.333 e. The van der Waals surface area contributed by atoms with E-state index in [2.05, 4.69) is 0 Å². The lowest BCUT2D eigenvalue weighted by atomic mass is 10.5. The largest absolute Gasteiger partial charge is 0.463 e. The Morgan fingerprint density at radius 3 is 2.93 bits per heavy atom. The van der Waals surface area contributed by atoms with Crippen molar-refractivity contribution in [2.24, 2.45) is 0 Å². The Morgan fingerprint density at radius 2 is 2.36 bits per heavy atom. The summed E-state index contributed by atoms with van der Waals surface area (Å²) in [6.07, 6.45) is 1.38. The van der Waals surface area contributed by atoms with Crippen molar-refractivity contribution in [3.05, 3.63) is 11.1 Å². The second kappa shape index (κ2) is 5.05. The minimum Gasteiger partial charge on any atom is -0.463 e. The van der Waals surface area contributed by atoms with E-state index in [1.165, 1.54) is 17.8 Å². The molecule has 1 aliphatic rings. The molecule has 0 aromatic heterocycles. The van der Waals surface area contributed by atoms with Crippen LogP contribution in [0.2, 0.25) is 0 Å². The maximum absolute atomic E-state index is 11.3. The predicted molar refractivity (Wildman–Crippen MR) is 54.6 cm³/mol. The molecule has 78 valence electrons. The fourth-order valence-electron chi connectivity index (χ4n) is 1.15. The Labute approximate surface area is 87.3 Å². The van der Waals surface area contributed by atoms with Gasteiger partial charge in [0.2, 0.25) is 5.91 Å². The first kappa shape index (κ1) is 11.1. The van der Waals surface area contributed by atoms with Gasteiger partial charge >= 0.3 is 5.97 Å². The van der Waals surface area contributed by atoms with Gasteiger partial charge in [-0.2, -0.15) is 0 Å². The van der Waals surface area contributed by atoms with Gasteiger partial charge in [-0.15, -0.1) is 0 Å². The fraction of sp³-hybridized carbons (Fsp3) is 0.556. The van der Waals surface area contributed by atoms with Gasteiger partial charge in [-0.25, -0.2) is 4.79 Å². The average molecular weight is 215 g/mol. The molecule has 4 nitrogen and oxygen atoms in total. The number of rotatable bonds is 3. The third kappa shape index (κ3) is 2.51. The molecule has 0 aliphatic carbocycles. The van der Waals surface area contributed by atoms with Crippen LogP contribution in [0.25, 0.3) is 0 Å². The van der Waals surface area contributed by atoms with Crippen LogP contribution in [0.3, 0.4) is 0 Å². The molecule has 1 rings (SSSR count). The summed E-state index contributed by atoms with van der Waals surface area (Å²) in [6, 6.07) is 0. The Hall–Kier alpha value is -0.970. The first-order valence-electron chi connectivity index (χ1n) is 4.50. The predicted octanol–water partition coefficient (Wildman–Crippen LogP) is 0.986. The fourth-order valence-corrected chi connectivity index (χ4v) is 2.14. The van der Waals surface area contributed by atoms with E-state index < -0.39 is 0 Å². The van der Waals surface area contributed by atoms with E-state index in [9.17, 15) is 9.59 Å². The van der Waals surface area contributed by atoms with Crippen molar-refractivity contribution in [3.63, 3.8) is 0 Å². The van der Waals surface area contributed by atoms with Gasteiger partial charge in [0.25, 0.3) is 0 Å². The zero-order valence-corrected chi connectivity index (χ0v) is 9.10. The molecule has 1 aliphatic heterocycles. The first-order chi connectivity index (χ1) is 6.69. The normalized spacial score (nSPS) is 19.1. The molecule has 1 heterocycles. The van der Waals surface area contributed by atoms with E-state index in [4.69, 9.17) is 4.74 Å². The minimum atomic E-state index is -0.386. The third-order valence-corrected chi connectivity index (χ3v) is 2.78. The molecule has 1 amide bonds. The number of ether oxygens (including phenoxy) is 1. The van der Waals surface area contributed by atoms with Gasteiger partial charge in [-0.1, -0.05) is 11.8 Å². The van der Waals surface area contributed by atoms with Gasteiger partial charge in [0.1, 0.15) is 0 Å². The number of esters is 1. The van der Waals surface area contributed by atoms with Crippen molar-refractivity contribution in [1.29, 1.82) is 0 Å². The maximum atomic E-state index is 11.3. The van der Waals surface area contributed by atoms with E-state index in [1.54, 1.807) is 11.8 Å². The highest BCUT2D eigenvalue weighted by atomic mass is 32.2. The molecule has 0 aromatic carbocycles. The Balaban J connectivity index is 2.67. The molecule has 0 N–H and O–H groups in total. The van der Waals surface area contributed by atoms with Gasteiger partial charge in [0.05, 0.1) is 23.5 Å². The summed E-state index contributed by atoms with van der Waals surface area (Å²) in [4.78, 5) is 24.0. The molecule has 0 saturated carbocycles. The van der Waals surface area contributed by atoms with Crippen molar-refractivity contribution in [2.45, 2.75) is 13.8 Å². The van der Waals surface area contributed by atoms with Crippen molar-refractivity contribution in [3.8, 4) is 0 Å². The van der Waals surface area contributed by atoms with Gasteiger partial charge < -0.3 is 9.64 Å². The van der Waals surface area contributed by atoms with Crippen molar-refractivity contribution >= 4 is 23.6 Å². The van der Waals surface area contributed by atoms with Gasteiger partial charge in [-0.3, -0.25) is 4.79 Å². The molecule has 0 unspecified atom stereocenters. The summed E-state index contributed by atoms with van der Waals surface area (Å²) in [6.45, 7) is 4.58. The number of thioether (sulfide) groups is 1. The van der Waals surface area contributed by atoms with Crippen LogP contribution in [-0.4, -0.2) is 35.7 Å². The van der Waals surface area contributed by atoms with Crippen LogP contribution in [0.4, 0.5) is 0 Å². The Kier molecular flexibility index (Phi) is 4.00. The minimum absolute atomic E-state index is 0.0491. The van der Waals surface area contributed by atoms with Crippen molar-refractivity contribution in [2.75, 3.05) is 18.9 Å². The van der Waals surface area contributed by atoms with Crippen LogP contribution in [0.1, 0.15) is 13.8 Å². The number of hydrogen-bond acceptors (Lipinski definition) is 4. The first-order valence-corrected chi connectivity index (χ1v) is 5.49. The zero-order valence-electron chi connectivity index (χ0n) is 8.28. The lowest BCUT2D eigenvalue weighted by Gasteiger charge is -2.13. The molecule has 0 atom stereocenters. The molecule has 0 radical (unpaired) electrons. The summed E-state index contributed by atoms with van der Waals surface area (Å²) in [7, 11) is 0. The van der Waals surface area contributed by atoms with Crippen LogP contribution in [0.5, 0.6) is 0 Å². The topological polar surface area (TPSA) is 46.6 Å². The van der Waals surface area contributed by atoms with E-state index in [0.717, 1.165) is 0 Å². The quantitative estimate of drug-likeness (QED) is 0.520. The van der Waals surface area contributed by atoms with Crippen LogP contribution in [-0.2, 0) is 14.3 Å². The molecule has 5 heteroatoms. The summed E-state index contributed by atoms with van der Waals surface area (Å²) in [5, 5.41) is 0.691. The van der Waals surface area contributed by atoms with Gasteiger partial charge in [0, 0.05) is 6.54 Å². The molecule has 0 bridgehead atoms. The Morgan fingerprint density at radius 1 is 1.64 bits per heavy atom. The SMILES string of the molecule is CCOC(=O)C=C1SCC(=O)N1CC. The number of carbonyl (C=O) groups is 2. The lowest BCUT2D eigenvalue weighted by Crippen LogP contribution is -2.24.